The van der Waals surface area contributed by atoms with Crippen molar-refractivity contribution in [3.05, 3.63) is 33.2 Å². The molecule has 1 aliphatic rings. The van der Waals surface area contributed by atoms with Gasteiger partial charge in [-0.3, -0.25) is 4.79 Å². The third-order valence-corrected chi connectivity index (χ3v) is 6.44. The maximum atomic E-state index is 12.2. The average molecular weight is 416 g/mol. The molecule has 3 rings (SSSR count). The number of ether oxygens (including phenoxy) is 1. The molecular formula is C16H18ClN3O2S3. The Hall–Kier alpha value is -0.930. The zero-order valence-electron chi connectivity index (χ0n) is 13.6. The number of nitrogens with zero attached hydrogens (tertiary/aromatic N) is 2. The number of carbonyl (C=O) groups is 1. The van der Waals surface area contributed by atoms with E-state index in [1.165, 1.54) is 23.1 Å². The zero-order chi connectivity index (χ0) is 17.8. The van der Waals surface area contributed by atoms with Gasteiger partial charge < -0.3 is 10.1 Å². The molecule has 0 spiro atoms. The van der Waals surface area contributed by atoms with Gasteiger partial charge in [0.25, 0.3) is 0 Å². The number of thioether (sulfide) groups is 1. The van der Waals surface area contributed by atoms with Gasteiger partial charge in [0.1, 0.15) is 0 Å². The summed E-state index contributed by atoms with van der Waals surface area (Å²) in [5, 5.41) is 7.88. The van der Waals surface area contributed by atoms with Gasteiger partial charge in [-0.1, -0.05) is 34.7 Å². The third kappa shape index (κ3) is 5.04. The van der Waals surface area contributed by atoms with E-state index in [1.807, 2.05) is 19.1 Å². The van der Waals surface area contributed by atoms with Gasteiger partial charge in [0.15, 0.2) is 8.29 Å². The summed E-state index contributed by atoms with van der Waals surface area (Å²) in [5.74, 6) is -0.0142. The fourth-order valence-corrected chi connectivity index (χ4v) is 5.08. The second-order valence-electron chi connectivity index (χ2n) is 5.66. The lowest BCUT2D eigenvalue weighted by Crippen LogP contribution is -2.36. The van der Waals surface area contributed by atoms with Crippen LogP contribution in [0.3, 0.4) is 0 Å². The molecule has 1 amide bonds. The van der Waals surface area contributed by atoms with Gasteiger partial charge in [0.2, 0.25) is 5.91 Å². The minimum absolute atomic E-state index is 0.0142. The number of carbonyl (C=O) groups excluding carboxylic acids is 1. The largest absolute Gasteiger partial charge is 0.376 e. The Bertz CT molecular complexity index is 785. The van der Waals surface area contributed by atoms with Crippen LogP contribution < -0.4 is 5.32 Å². The molecule has 0 saturated carbocycles. The van der Waals surface area contributed by atoms with Crippen LogP contribution in [0.5, 0.6) is 0 Å². The smallest absolute Gasteiger partial charge is 0.233 e. The summed E-state index contributed by atoms with van der Waals surface area (Å²) >= 11 is 14.1. The van der Waals surface area contributed by atoms with Crippen LogP contribution in [0.1, 0.15) is 19.8 Å². The number of amides is 1. The molecule has 2 aromatic rings. The second kappa shape index (κ2) is 8.64. The zero-order valence-corrected chi connectivity index (χ0v) is 16.8. The van der Waals surface area contributed by atoms with Crippen LogP contribution in [-0.2, 0) is 9.53 Å². The quantitative estimate of drug-likeness (QED) is 0.568. The van der Waals surface area contributed by atoms with E-state index >= 15 is 0 Å². The summed E-state index contributed by atoms with van der Waals surface area (Å²) in [4.78, 5) is 12.2. The van der Waals surface area contributed by atoms with Crippen molar-refractivity contribution in [2.24, 2.45) is 0 Å². The minimum atomic E-state index is -0.249. The summed E-state index contributed by atoms with van der Waals surface area (Å²) in [6, 6.07) is 7.33. The van der Waals surface area contributed by atoms with Crippen LogP contribution >= 0.6 is 46.9 Å². The molecule has 9 heteroatoms. The highest BCUT2D eigenvalue weighted by molar-refractivity contribution is 8.02. The lowest BCUT2D eigenvalue weighted by Gasteiger charge is -2.13. The Labute approximate surface area is 164 Å². The van der Waals surface area contributed by atoms with E-state index in [9.17, 15) is 4.79 Å². The van der Waals surface area contributed by atoms with Gasteiger partial charge in [-0.15, -0.1) is 5.10 Å². The van der Waals surface area contributed by atoms with E-state index < -0.39 is 0 Å². The predicted octanol–water partition coefficient (Wildman–Crippen LogP) is 4.09. The minimum Gasteiger partial charge on any atom is -0.376 e. The Morgan fingerprint density at radius 1 is 1.56 bits per heavy atom. The Morgan fingerprint density at radius 3 is 3.00 bits per heavy atom. The van der Waals surface area contributed by atoms with Crippen LogP contribution in [0.2, 0.25) is 5.02 Å². The first kappa shape index (κ1) is 18.8. The van der Waals surface area contributed by atoms with Crippen LogP contribution in [0.15, 0.2) is 28.6 Å². The predicted molar refractivity (Wildman–Crippen MR) is 105 cm³/mol. The van der Waals surface area contributed by atoms with Gasteiger partial charge in [0.05, 0.1) is 17.0 Å². The summed E-state index contributed by atoms with van der Waals surface area (Å²) in [6.07, 6.45) is 2.22. The maximum absolute atomic E-state index is 12.2. The Morgan fingerprint density at radius 2 is 2.32 bits per heavy atom. The summed E-state index contributed by atoms with van der Waals surface area (Å²) in [6.45, 7) is 3.22. The molecule has 1 aliphatic heterocycles. The fraction of sp³-hybridized carbons (Fsp3) is 0.438. The molecule has 2 atom stereocenters. The summed E-state index contributed by atoms with van der Waals surface area (Å²) in [5.41, 5.74) is 0.855. The first-order valence-electron chi connectivity index (χ1n) is 7.95. The molecule has 2 heterocycles. The van der Waals surface area contributed by atoms with Crippen molar-refractivity contribution in [2.75, 3.05) is 13.2 Å². The van der Waals surface area contributed by atoms with E-state index in [-0.39, 0.29) is 17.3 Å². The molecular weight excluding hydrogens is 398 g/mol. The summed E-state index contributed by atoms with van der Waals surface area (Å²) in [7, 11) is 0. The van der Waals surface area contributed by atoms with E-state index in [4.69, 9.17) is 28.6 Å². The van der Waals surface area contributed by atoms with Crippen molar-refractivity contribution in [1.82, 2.24) is 15.1 Å². The normalized spacial score (nSPS) is 18.2. The lowest BCUT2D eigenvalue weighted by molar-refractivity contribution is -0.120. The number of rotatable bonds is 6. The molecule has 5 nitrogen and oxygen atoms in total. The highest BCUT2D eigenvalue weighted by Gasteiger charge is 2.20. The Balaban J connectivity index is 1.60. The van der Waals surface area contributed by atoms with Crippen molar-refractivity contribution in [3.63, 3.8) is 0 Å². The SMILES string of the molecule is C[C@@H](Sc1nn(-c2ccc(Cl)cc2)c(=S)s1)C(=O)NC[C@H]1CCCO1. The molecule has 25 heavy (non-hydrogen) atoms. The van der Waals surface area contributed by atoms with Crippen LogP contribution in [0, 0.1) is 3.95 Å². The number of nitrogens with one attached hydrogen (secondary N) is 1. The molecule has 0 unspecified atom stereocenters. The number of hydrogen-bond donors (Lipinski definition) is 1. The van der Waals surface area contributed by atoms with Crippen molar-refractivity contribution >= 4 is 52.8 Å². The van der Waals surface area contributed by atoms with Gasteiger partial charge in [-0.2, -0.15) is 0 Å². The van der Waals surface area contributed by atoms with E-state index in [0.717, 1.165) is 29.5 Å². The third-order valence-electron chi connectivity index (χ3n) is 3.78. The monoisotopic (exact) mass is 415 g/mol. The van der Waals surface area contributed by atoms with Crippen molar-refractivity contribution in [3.8, 4) is 5.69 Å². The fourth-order valence-electron chi connectivity index (χ4n) is 2.42. The van der Waals surface area contributed by atoms with Gasteiger partial charge in [-0.05, 0) is 56.2 Å². The van der Waals surface area contributed by atoms with Gasteiger partial charge in [0, 0.05) is 18.2 Å². The topological polar surface area (TPSA) is 56.2 Å². The maximum Gasteiger partial charge on any atom is 0.233 e. The van der Waals surface area contributed by atoms with E-state index in [2.05, 4.69) is 10.4 Å². The van der Waals surface area contributed by atoms with Crippen LogP contribution in [-0.4, -0.2) is 40.2 Å². The van der Waals surface area contributed by atoms with E-state index in [1.54, 1.807) is 16.8 Å². The molecule has 1 saturated heterocycles. The highest BCUT2D eigenvalue weighted by Crippen LogP contribution is 2.28. The molecule has 1 aromatic carbocycles. The highest BCUT2D eigenvalue weighted by atomic mass is 35.5. The number of hydrogen-bond acceptors (Lipinski definition) is 6. The van der Waals surface area contributed by atoms with Crippen molar-refractivity contribution in [1.29, 1.82) is 0 Å². The van der Waals surface area contributed by atoms with Crippen molar-refractivity contribution < 1.29 is 9.53 Å². The molecule has 1 fully saturated rings. The van der Waals surface area contributed by atoms with Gasteiger partial charge in [-0.25, -0.2) is 4.68 Å². The lowest BCUT2D eigenvalue weighted by atomic mass is 10.2. The van der Waals surface area contributed by atoms with Crippen LogP contribution in [0.4, 0.5) is 0 Å². The molecule has 1 aromatic heterocycles. The van der Waals surface area contributed by atoms with Crippen molar-refractivity contribution in [2.45, 2.75) is 35.5 Å². The molecule has 1 N–H and O–H groups in total. The number of aromatic nitrogens is 2. The molecule has 134 valence electrons. The molecule has 0 bridgehead atoms. The second-order valence-corrected chi connectivity index (χ2v) is 9.31. The van der Waals surface area contributed by atoms with Gasteiger partial charge >= 0.3 is 0 Å². The number of benzene rings is 1. The van der Waals surface area contributed by atoms with Crippen LogP contribution in [0.25, 0.3) is 5.69 Å². The first-order chi connectivity index (χ1) is 12.0. The number of halogens is 1. The Kier molecular flexibility index (Phi) is 6.51. The summed E-state index contributed by atoms with van der Waals surface area (Å²) < 4.78 is 8.61. The first-order valence-corrected chi connectivity index (χ1v) is 10.4. The average Bonchev–Trinajstić information content (AvgIpc) is 3.23. The standard InChI is InChI=1S/C16H18ClN3O2S3/c1-10(14(21)18-9-13-3-2-8-22-13)24-15-19-20(16(23)25-15)12-6-4-11(17)5-7-12/h4-7,10,13H,2-3,8-9H2,1H3,(H,18,21)/t10-,13-/m1/s1. The molecule has 0 radical (unpaired) electrons. The molecule has 0 aliphatic carbocycles. The van der Waals surface area contributed by atoms with E-state index in [0.29, 0.717) is 15.5 Å².